The highest BCUT2D eigenvalue weighted by molar-refractivity contribution is 9.11. The zero-order chi connectivity index (χ0) is 14.0. The van der Waals surface area contributed by atoms with Crippen LogP contribution in [0.25, 0.3) is 0 Å². The molecule has 0 aromatic heterocycles. The maximum atomic E-state index is 3.59. The molecule has 0 unspecified atom stereocenters. The standard InChI is InChI=1S/C15H14Br3N/c1-9-4-3-5-10(2)12(9)8-19-15-13(17)6-11(16)7-14(15)18/h3-7,19H,8H2,1-2H3. The molecule has 19 heavy (non-hydrogen) atoms. The highest BCUT2D eigenvalue weighted by Gasteiger charge is 2.08. The van der Waals surface area contributed by atoms with Crippen molar-refractivity contribution in [2.45, 2.75) is 20.4 Å². The number of hydrogen-bond acceptors (Lipinski definition) is 1. The molecule has 0 saturated carbocycles. The summed E-state index contributed by atoms with van der Waals surface area (Å²) >= 11 is 10.7. The summed E-state index contributed by atoms with van der Waals surface area (Å²) in [5.74, 6) is 0. The van der Waals surface area contributed by atoms with Crippen molar-refractivity contribution in [3.8, 4) is 0 Å². The zero-order valence-electron chi connectivity index (χ0n) is 10.7. The second-order valence-corrected chi connectivity index (χ2v) is 7.09. The molecule has 0 spiro atoms. The van der Waals surface area contributed by atoms with E-state index >= 15 is 0 Å². The van der Waals surface area contributed by atoms with Crippen molar-refractivity contribution in [3.63, 3.8) is 0 Å². The molecular formula is C15H14Br3N. The van der Waals surface area contributed by atoms with E-state index in [0.29, 0.717) is 0 Å². The molecule has 2 aromatic rings. The van der Waals surface area contributed by atoms with Crippen LogP contribution in [-0.2, 0) is 6.54 Å². The largest absolute Gasteiger partial charge is 0.379 e. The van der Waals surface area contributed by atoms with E-state index in [9.17, 15) is 0 Å². The summed E-state index contributed by atoms with van der Waals surface area (Å²) in [5, 5.41) is 3.49. The van der Waals surface area contributed by atoms with E-state index in [0.717, 1.165) is 25.7 Å². The van der Waals surface area contributed by atoms with Crippen LogP contribution < -0.4 is 5.32 Å². The lowest BCUT2D eigenvalue weighted by Gasteiger charge is -2.14. The number of rotatable bonds is 3. The third-order valence-electron chi connectivity index (χ3n) is 3.09. The third kappa shape index (κ3) is 3.61. The van der Waals surface area contributed by atoms with Crippen molar-refractivity contribution in [2.24, 2.45) is 0 Å². The van der Waals surface area contributed by atoms with Crippen molar-refractivity contribution in [3.05, 3.63) is 60.4 Å². The molecule has 100 valence electrons. The lowest BCUT2D eigenvalue weighted by Crippen LogP contribution is -2.04. The highest BCUT2D eigenvalue weighted by atomic mass is 79.9. The number of anilines is 1. The number of hydrogen-bond donors (Lipinski definition) is 1. The molecule has 0 aliphatic carbocycles. The molecule has 0 aliphatic rings. The summed E-state index contributed by atoms with van der Waals surface area (Å²) < 4.78 is 3.13. The Hall–Kier alpha value is -0.320. The number of halogens is 3. The molecule has 2 rings (SSSR count). The molecule has 1 nitrogen and oxygen atoms in total. The van der Waals surface area contributed by atoms with Crippen LogP contribution in [0.3, 0.4) is 0 Å². The van der Waals surface area contributed by atoms with Gasteiger partial charge in [-0.1, -0.05) is 34.1 Å². The van der Waals surface area contributed by atoms with Gasteiger partial charge in [0.2, 0.25) is 0 Å². The molecule has 4 heteroatoms. The molecule has 0 bridgehead atoms. The predicted molar refractivity (Wildman–Crippen MR) is 92.8 cm³/mol. The monoisotopic (exact) mass is 445 g/mol. The second kappa shape index (κ2) is 6.42. The average molecular weight is 448 g/mol. The summed E-state index contributed by atoms with van der Waals surface area (Å²) in [4.78, 5) is 0. The molecule has 0 amide bonds. The summed E-state index contributed by atoms with van der Waals surface area (Å²) in [6.07, 6.45) is 0. The van der Waals surface area contributed by atoms with Crippen molar-refractivity contribution in [1.82, 2.24) is 0 Å². The third-order valence-corrected chi connectivity index (χ3v) is 4.80. The van der Waals surface area contributed by atoms with Gasteiger partial charge in [-0.05, 0) is 74.5 Å². The van der Waals surface area contributed by atoms with Crippen LogP contribution in [0.1, 0.15) is 16.7 Å². The molecule has 0 atom stereocenters. The highest BCUT2D eigenvalue weighted by Crippen LogP contribution is 2.34. The Morgan fingerprint density at radius 3 is 2.00 bits per heavy atom. The molecule has 1 N–H and O–H groups in total. The maximum absolute atomic E-state index is 3.59. The molecule has 0 radical (unpaired) electrons. The van der Waals surface area contributed by atoms with Gasteiger partial charge in [-0.15, -0.1) is 0 Å². The Bertz CT molecular complexity index is 565. The summed E-state index contributed by atoms with van der Waals surface area (Å²) in [6, 6.07) is 10.5. The summed E-state index contributed by atoms with van der Waals surface area (Å²) in [5.41, 5.74) is 5.06. The van der Waals surface area contributed by atoms with E-state index in [1.807, 2.05) is 12.1 Å². The smallest absolute Gasteiger partial charge is 0.0632 e. The van der Waals surface area contributed by atoms with Crippen LogP contribution in [0.15, 0.2) is 43.7 Å². The lowest BCUT2D eigenvalue weighted by atomic mass is 10.0. The Morgan fingerprint density at radius 1 is 0.947 bits per heavy atom. The fraction of sp³-hybridized carbons (Fsp3) is 0.200. The lowest BCUT2D eigenvalue weighted by molar-refractivity contribution is 1.08. The van der Waals surface area contributed by atoms with Crippen molar-refractivity contribution in [1.29, 1.82) is 0 Å². The average Bonchev–Trinajstić information content (AvgIpc) is 2.31. The minimum Gasteiger partial charge on any atom is -0.379 e. The Morgan fingerprint density at radius 2 is 1.47 bits per heavy atom. The van der Waals surface area contributed by atoms with Crippen LogP contribution in [0.2, 0.25) is 0 Å². The van der Waals surface area contributed by atoms with E-state index < -0.39 is 0 Å². The predicted octanol–water partition coefficient (Wildman–Crippen LogP) is 6.20. The summed E-state index contributed by atoms with van der Waals surface area (Å²) in [6.45, 7) is 5.11. The van der Waals surface area contributed by atoms with Crippen LogP contribution in [0.5, 0.6) is 0 Å². The van der Waals surface area contributed by atoms with Crippen LogP contribution >= 0.6 is 47.8 Å². The minimum atomic E-state index is 0.817. The first-order valence-corrected chi connectivity index (χ1v) is 8.30. The molecule has 2 aromatic carbocycles. The molecule has 0 aliphatic heterocycles. The first kappa shape index (κ1) is 15.1. The topological polar surface area (TPSA) is 12.0 Å². The Balaban J connectivity index is 2.24. The quantitative estimate of drug-likeness (QED) is 0.590. The SMILES string of the molecule is Cc1cccc(C)c1CNc1c(Br)cc(Br)cc1Br. The van der Waals surface area contributed by atoms with Gasteiger partial charge < -0.3 is 5.32 Å². The second-order valence-electron chi connectivity index (χ2n) is 4.47. The van der Waals surface area contributed by atoms with Gasteiger partial charge >= 0.3 is 0 Å². The molecule has 0 saturated heterocycles. The molecule has 0 heterocycles. The Labute approximate surface area is 139 Å². The first-order chi connectivity index (χ1) is 8.99. The van der Waals surface area contributed by atoms with Gasteiger partial charge in [0.1, 0.15) is 0 Å². The fourth-order valence-electron chi connectivity index (χ4n) is 2.02. The van der Waals surface area contributed by atoms with E-state index in [-0.39, 0.29) is 0 Å². The molecule has 0 fully saturated rings. The van der Waals surface area contributed by atoms with E-state index in [1.165, 1.54) is 16.7 Å². The van der Waals surface area contributed by atoms with Gasteiger partial charge in [-0.3, -0.25) is 0 Å². The van der Waals surface area contributed by atoms with Gasteiger partial charge in [0.05, 0.1) is 5.69 Å². The Kier molecular flexibility index (Phi) is 5.09. The van der Waals surface area contributed by atoms with Crippen molar-refractivity contribution >= 4 is 53.5 Å². The van der Waals surface area contributed by atoms with Crippen LogP contribution in [-0.4, -0.2) is 0 Å². The number of aryl methyl sites for hydroxylation is 2. The summed E-state index contributed by atoms with van der Waals surface area (Å²) in [7, 11) is 0. The van der Waals surface area contributed by atoms with Gasteiger partial charge in [0.15, 0.2) is 0 Å². The minimum absolute atomic E-state index is 0.817. The van der Waals surface area contributed by atoms with E-state index in [4.69, 9.17) is 0 Å². The fourth-order valence-corrected chi connectivity index (χ4v) is 4.55. The van der Waals surface area contributed by atoms with Gasteiger partial charge in [0.25, 0.3) is 0 Å². The molecular weight excluding hydrogens is 434 g/mol. The number of nitrogens with one attached hydrogen (secondary N) is 1. The normalized spacial score (nSPS) is 10.6. The first-order valence-electron chi connectivity index (χ1n) is 5.92. The zero-order valence-corrected chi connectivity index (χ0v) is 15.5. The van der Waals surface area contributed by atoms with Gasteiger partial charge in [-0.25, -0.2) is 0 Å². The van der Waals surface area contributed by atoms with Crippen LogP contribution in [0.4, 0.5) is 5.69 Å². The van der Waals surface area contributed by atoms with E-state index in [1.54, 1.807) is 0 Å². The van der Waals surface area contributed by atoms with Gasteiger partial charge in [-0.2, -0.15) is 0 Å². The van der Waals surface area contributed by atoms with E-state index in [2.05, 4.69) is 85.2 Å². The van der Waals surface area contributed by atoms with Crippen molar-refractivity contribution in [2.75, 3.05) is 5.32 Å². The van der Waals surface area contributed by atoms with Crippen LogP contribution in [0, 0.1) is 13.8 Å². The maximum Gasteiger partial charge on any atom is 0.0632 e. The number of benzene rings is 2. The van der Waals surface area contributed by atoms with Gasteiger partial charge in [0, 0.05) is 20.0 Å². The van der Waals surface area contributed by atoms with Crippen molar-refractivity contribution < 1.29 is 0 Å².